The average Bonchev–Trinajstić information content (AvgIpc) is 2.77. The van der Waals surface area contributed by atoms with Crippen molar-refractivity contribution < 1.29 is 28.6 Å². The third-order valence-corrected chi connectivity index (χ3v) is 6.64. The highest BCUT2D eigenvalue weighted by molar-refractivity contribution is 6.42. The number of Topliss-reactive ketones (excluding diaryl/α,β-unsaturated/α-hetero) is 1. The van der Waals surface area contributed by atoms with E-state index in [0.29, 0.717) is 40.6 Å². The second-order valence-electron chi connectivity index (χ2n) is 8.04. The first-order valence-corrected chi connectivity index (χ1v) is 11.5. The van der Waals surface area contributed by atoms with Gasteiger partial charge >= 0.3 is 11.9 Å². The molecule has 0 bridgehead atoms. The number of ketones is 1. The standard InChI is InChI=1S/C24H27Cl2NO6/c1-5-32-8-9-33-24(30)19-13(3)27-17-10-12(2)18(23(29)31-4)22(28)21(17)20(19)14-6-7-15(25)16(26)11-14/h6-7,11-12,18,20,27H,5,8-10H2,1-4H3/t12-,18+,20+/m0/s1. The number of esters is 2. The van der Waals surface area contributed by atoms with Gasteiger partial charge < -0.3 is 19.5 Å². The Balaban J connectivity index is 2.10. The summed E-state index contributed by atoms with van der Waals surface area (Å²) in [4.78, 5) is 39.2. The number of ether oxygens (including phenoxy) is 3. The van der Waals surface area contributed by atoms with Gasteiger partial charge in [-0.3, -0.25) is 9.59 Å². The minimum atomic E-state index is -0.963. The normalized spacial score (nSPS) is 22.6. The number of allylic oxidation sites excluding steroid dienone is 3. The van der Waals surface area contributed by atoms with Crippen molar-refractivity contribution in [1.82, 2.24) is 5.32 Å². The lowest BCUT2D eigenvalue weighted by Crippen LogP contribution is -2.43. The zero-order chi connectivity index (χ0) is 24.3. The Kier molecular flexibility index (Phi) is 8.21. The summed E-state index contributed by atoms with van der Waals surface area (Å²) >= 11 is 12.4. The van der Waals surface area contributed by atoms with Gasteiger partial charge in [0.2, 0.25) is 0 Å². The fourth-order valence-corrected chi connectivity index (χ4v) is 4.70. The summed E-state index contributed by atoms with van der Waals surface area (Å²) in [5, 5.41) is 3.85. The van der Waals surface area contributed by atoms with Crippen LogP contribution in [0.1, 0.15) is 38.7 Å². The van der Waals surface area contributed by atoms with E-state index in [9.17, 15) is 14.4 Å². The van der Waals surface area contributed by atoms with E-state index >= 15 is 0 Å². The molecule has 9 heteroatoms. The molecule has 0 saturated heterocycles. The van der Waals surface area contributed by atoms with E-state index < -0.39 is 23.8 Å². The Bertz CT molecular complexity index is 1030. The molecular weight excluding hydrogens is 469 g/mol. The van der Waals surface area contributed by atoms with Crippen molar-refractivity contribution in [3.8, 4) is 0 Å². The van der Waals surface area contributed by atoms with Gasteiger partial charge in [-0.05, 0) is 43.9 Å². The van der Waals surface area contributed by atoms with E-state index in [-0.39, 0.29) is 35.5 Å². The Labute approximate surface area is 203 Å². The van der Waals surface area contributed by atoms with E-state index in [4.69, 9.17) is 37.4 Å². The zero-order valence-corrected chi connectivity index (χ0v) is 20.5. The second-order valence-corrected chi connectivity index (χ2v) is 8.86. The molecule has 0 spiro atoms. The van der Waals surface area contributed by atoms with Crippen LogP contribution in [0.3, 0.4) is 0 Å². The molecular formula is C24H27Cl2NO6. The van der Waals surface area contributed by atoms with Gasteiger partial charge in [0, 0.05) is 29.5 Å². The van der Waals surface area contributed by atoms with Crippen molar-refractivity contribution in [3.63, 3.8) is 0 Å². The van der Waals surface area contributed by atoms with E-state index in [1.807, 2.05) is 13.8 Å². The Morgan fingerprint density at radius 1 is 1.18 bits per heavy atom. The van der Waals surface area contributed by atoms with Crippen LogP contribution in [0.5, 0.6) is 0 Å². The lowest BCUT2D eigenvalue weighted by atomic mass is 9.69. The third kappa shape index (κ3) is 5.10. The molecule has 1 aliphatic carbocycles. The van der Waals surface area contributed by atoms with E-state index in [2.05, 4.69) is 5.32 Å². The van der Waals surface area contributed by atoms with Gasteiger partial charge in [-0.2, -0.15) is 0 Å². The Morgan fingerprint density at radius 3 is 2.55 bits per heavy atom. The van der Waals surface area contributed by atoms with Gasteiger partial charge in [-0.15, -0.1) is 0 Å². The molecule has 33 heavy (non-hydrogen) atoms. The molecule has 7 nitrogen and oxygen atoms in total. The molecule has 178 valence electrons. The molecule has 0 amide bonds. The SMILES string of the molecule is CCOCCOC(=O)C1=C(C)NC2=C(C(=O)[C@H](C(=O)OC)[C@@H](C)C2)[C@@H]1c1ccc(Cl)c(Cl)c1. The van der Waals surface area contributed by atoms with Crippen molar-refractivity contribution in [2.75, 3.05) is 26.9 Å². The monoisotopic (exact) mass is 495 g/mol. The molecule has 1 aromatic rings. The number of methoxy groups -OCH3 is 1. The van der Waals surface area contributed by atoms with E-state index in [0.717, 1.165) is 0 Å². The number of carbonyl (C=O) groups is 3. The van der Waals surface area contributed by atoms with Crippen LogP contribution in [0, 0.1) is 11.8 Å². The number of hydrogen-bond acceptors (Lipinski definition) is 7. The van der Waals surface area contributed by atoms with Crippen LogP contribution < -0.4 is 5.32 Å². The maximum atomic E-state index is 13.6. The third-order valence-electron chi connectivity index (χ3n) is 5.90. The highest BCUT2D eigenvalue weighted by Gasteiger charge is 2.47. The van der Waals surface area contributed by atoms with Crippen molar-refractivity contribution in [2.24, 2.45) is 11.8 Å². The summed E-state index contributed by atoms with van der Waals surface area (Å²) in [5.41, 5.74) is 2.45. The van der Waals surface area contributed by atoms with Crippen LogP contribution in [0.4, 0.5) is 0 Å². The molecule has 0 fully saturated rings. The number of nitrogens with one attached hydrogen (secondary N) is 1. The predicted octanol–water partition coefficient (Wildman–Crippen LogP) is 4.19. The van der Waals surface area contributed by atoms with Gasteiger partial charge in [0.1, 0.15) is 12.5 Å². The molecule has 0 aromatic heterocycles. The largest absolute Gasteiger partial charge is 0.468 e. The maximum absolute atomic E-state index is 13.6. The lowest BCUT2D eigenvalue weighted by molar-refractivity contribution is -0.151. The van der Waals surface area contributed by atoms with Crippen molar-refractivity contribution >= 4 is 40.9 Å². The molecule has 3 rings (SSSR count). The van der Waals surface area contributed by atoms with Crippen LogP contribution >= 0.6 is 23.2 Å². The number of dihydropyridines is 1. The highest BCUT2D eigenvalue weighted by Crippen LogP contribution is 2.46. The Morgan fingerprint density at radius 2 is 1.91 bits per heavy atom. The predicted molar refractivity (Wildman–Crippen MR) is 124 cm³/mol. The molecule has 0 unspecified atom stereocenters. The van der Waals surface area contributed by atoms with Crippen LogP contribution in [-0.4, -0.2) is 44.7 Å². The summed E-state index contributed by atoms with van der Waals surface area (Å²) in [6.07, 6.45) is 0.447. The van der Waals surface area contributed by atoms with Crippen molar-refractivity contribution in [3.05, 3.63) is 56.3 Å². The average molecular weight is 496 g/mol. The first-order valence-electron chi connectivity index (χ1n) is 10.7. The molecule has 3 atom stereocenters. The first kappa shape index (κ1) is 25.3. The summed E-state index contributed by atoms with van der Waals surface area (Å²) in [6, 6.07) is 4.96. The summed E-state index contributed by atoms with van der Waals surface area (Å²) in [5.74, 6) is -3.57. The van der Waals surface area contributed by atoms with Crippen LogP contribution in [0.15, 0.2) is 40.7 Å². The van der Waals surface area contributed by atoms with Crippen LogP contribution in [-0.2, 0) is 28.6 Å². The van der Waals surface area contributed by atoms with Gasteiger partial charge in [0.25, 0.3) is 0 Å². The number of carbonyl (C=O) groups excluding carboxylic acids is 3. The number of rotatable bonds is 7. The van der Waals surface area contributed by atoms with E-state index in [1.54, 1.807) is 25.1 Å². The van der Waals surface area contributed by atoms with Crippen molar-refractivity contribution in [2.45, 2.75) is 33.1 Å². The minimum Gasteiger partial charge on any atom is -0.468 e. The molecule has 1 aromatic carbocycles. The number of benzene rings is 1. The summed E-state index contributed by atoms with van der Waals surface area (Å²) in [7, 11) is 1.26. The van der Waals surface area contributed by atoms with Gasteiger partial charge in [0.05, 0.1) is 29.3 Å². The van der Waals surface area contributed by atoms with Crippen LogP contribution in [0.2, 0.25) is 10.0 Å². The van der Waals surface area contributed by atoms with Crippen molar-refractivity contribution in [1.29, 1.82) is 0 Å². The molecule has 0 radical (unpaired) electrons. The second kappa shape index (κ2) is 10.7. The summed E-state index contributed by atoms with van der Waals surface area (Å²) in [6.45, 7) is 6.27. The number of hydrogen-bond donors (Lipinski definition) is 1. The number of halogens is 2. The topological polar surface area (TPSA) is 90.9 Å². The molecule has 1 aliphatic heterocycles. The lowest BCUT2D eigenvalue weighted by Gasteiger charge is -2.38. The van der Waals surface area contributed by atoms with Gasteiger partial charge in [0.15, 0.2) is 5.78 Å². The van der Waals surface area contributed by atoms with Gasteiger partial charge in [-0.25, -0.2) is 4.79 Å². The zero-order valence-electron chi connectivity index (χ0n) is 19.0. The summed E-state index contributed by atoms with van der Waals surface area (Å²) < 4.78 is 15.6. The quantitative estimate of drug-likeness (QED) is 0.344. The van der Waals surface area contributed by atoms with Gasteiger partial charge in [-0.1, -0.05) is 36.2 Å². The fourth-order valence-electron chi connectivity index (χ4n) is 4.39. The highest BCUT2D eigenvalue weighted by atomic mass is 35.5. The molecule has 2 aliphatic rings. The Hall–Kier alpha value is -2.35. The fraction of sp³-hybridized carbons (Fsp3) is 0.458. The minimum absolute atomic E-state index is 0.0687. The van der Waals surface area contributed by atoms with Crippen LogP contribution in [0.25, 0.3) is 0 Å². The smallest absolute Gasteiger partial charge is 0.336 e. The maximum Gasteiger partial charge on any atom is 0.336 e. The molecule has 0 saturated carbocycles. The van der Waals surface area contributed by atoms with E-state index in [1.165, 1.54) is 7.11 Å². The molecule has 1 heterocycles. The molecule has 1 N–H and O–H groups in total. The first-order chi connectivity index (χ1) is 15.7.